The number of ether oxygens (including phenoxy) is 2. The second kappa shape index (κ2) is 44.8. The van der Waals surface area contributed by atoms with Crippen molar-refractivity contribution in [2.24, 2.45) is 0 Å². The Morgan fingerprint density at radius 3 is 1.34 bits per heavy atom. The molecule has 4 N–H and O–H groups in total. The second-order valence-corrected chi connectivity index (χ2v) is 28.0. The third kappa shape index (κ3) is 29.7. The number of para-hydroxylation sites is 2. The van der Waals surface area contributed by atoms with Crippen molar-refractivity contribution in [3.8, 4) is 6.01 Å². The van der Waals surface area contributed by atoms with Gasteiger partial charge in [-0.15, -0.1) is 0 Å². The fraction of sp³-hybridized carbons (Fsp3) is 0.714. The van der Waals surface area contributed by atoms with Gasteiger partial charge in [-0.3, -0.25) is 14.2 Å². The number of imidazole rings is 2. The van der Waals surface area contributed by atoms with E-state index in [-0.39, 0.29) is 22.9 Å². The summed E-state index contributed by atoms with van der Waals surface area (Å²) in [6.45, 7) is 25.5. The SMILES string of the molecule is CCCCCCCCCCCCCCCC(=O)NCCOCCn1c(OCCC)nc2c(NC(C)(C)C)nc3ccccc3c21.CCCCCCCCCCCCCCCCCC(=O)NCCCCOn1c(CCCC)nc2c(NC(C)(C)C)nc3ccccc3c21. The van der Waals surface area contributed by atoms with Gasteiger partial charge >= 0.3 is 0 Å². The smallest absolute Gasteiger partial charge is 0.297 e. The molecule has 4 aromatic heterocycles. The van der Waals surface area contributed by atoms with Crippen LogP contribution in [0.15, 0.2) is 48.5 Å². The Labute approximate surface area is 557 Å². The van der Waals surface area contributed by atoms with Crippen molar-refractivity contribution < 1.29 is 23.9 Å². The van der Waals surface area contributed by atoms with Gasteiger partial charge in [0.2, 0.25) is 11.8 Å². The first-order chi connectivity index (χ1) is 44.7. The molecule has 0 atom stereocenters. The summed E-state index contributed by atoms with van der Waals surface area (Å²) in [5.41, 5.74) is 5.15. The third-order valence-electron chi connectivity index (χ3n) is 16.9. The molecule has 0 aliphatic rings. The molecule has 0 radical (unpaired) electrons. The molecule has 15 heteroatoms. The van der Waals surface area contributed by atoms with Crippen LogP contribution in [0, 0.1) is 0 Å². The number of amides is 2. The number of benzene rings is 2. The van der Waals surface area contributed by atoms with Crippen LogP contribution in [0.3, 0.4) is 0 Å². The normalized spacial score (nSPS) is 11.8. The average Bonchev–Trinajstić information content (AvgIpc) is 1.57. The van der Waals surface area contributed by atoms with Crippen LogP contribution in [0.1, 0.15) is 300 Å². The highest BCUT2D eigenvalue weighted by Gasteiger charge is 2.24. The maximum atomic E-state index is 12.4. The van der Waals surface area contributed by atoms with Crippen LogP contribution in [0.5, 0.6) is 6.01 Å². The summed E-state index contributed by atoms with van der Waals surface area (Å²) in [5.74, 6) is 2.79. The Morgan fingerprint density at radius 2 is 0.870 bits per heavy atom. The van der Waals surface area contributed by atoms with E-state index >= 15 is 0 Å². The molecule has 0 fully saturated rings. The van der Waals surface area contributed by atoms with Crippen molar-refractivity contribution in [3.63, 3.8) is 0 Å². The number of anilines is 2. The predicted molar refractivity (Wildman–Crippen MR) is 389 cm³/mol. The number of carbonyl (C=O) groups excluding carboxylic acids is 2. The zero-order valence-corrected chi connectivity index (χ0v) is 59.7. The van der Waals surface area contributed by atoms with E-state index in [1.807, 2.05) is 41.1 Å². The quantitative estimate of drug-likeness (QED) is 0.0268. The Bertz CT molecular complexity index is 2960. The van der Waals surface area contributed by atoms with E-state index in [9.17, 15) is 9.59 Å². The first-order valence-electron chi connectivity index (χ1n) is 37.2. The van der Waals surface area contributed by atoms with E-state index in [1.165, 1.54) is 154 Å². The fourth-order valence-corrected chi connectivity index (χ4v) is 11.9. The van der Waals surface area contributed by atoms with E-state index < -0.39 is 0 Å². The van der Waals surface area contributed by atoms with Crippen LogP contribution in [-0.4, -0.2) is 91.6 Å². The first-order valence-corrected chi connectivity index (χ1v) is 37.2. The number of nitrogens with one attached hydrogen (secondary N) is 4. The molecule has 0 saturated carbocycles. The molecule has 0 aliphatic carbocycles. The lowest BCUT2D eigenvalue weighted by molar-refractivity contribution is -0.122. The van der Waals surface area contributed by atoms with Gasteiger partial charge in [0.05, 0.1) is 42.9 Å². The molecule has 15 nitrogen and oxygen atoms in total. The van der Waals surface area contributed by atoms with Crippen LogP contribution >= 0.6 is 0 Å². The largest absolute Gasteiger partial charge is 0.465 e. The predicted octanol–water partition coefficient (Wildman–Crippen LogP) is 19.9. The number of hydrogen-bond acceptors (Lipinski definition) is 11. The Balaban J connectivity index is 0.000000334. The topological polar surface area (TPSA) is 171 Å². The van der Waals surface area contributed by atoms with Gasteiger partial charge in [-0.1, -0.05) is 237 Å². The minimum atomic E-state index is -0.170. The highest BCUT2D eigenvalue weighted by atomic mass is 16.7. The lowest BCUT2D eigenvalue weighted by atomic mass is 10.0. The highest BCUT2D eigenvalue weighted by Crippen LogP contribution is 2.35. The minimum Gasteiger partial charge on any atom is -0.465 e. The highest BCUT2D eigenvalue weighted by molar-refractivity contribution is 6.08. The number of aryl methyl sites for hydroxylation is 1. The molecule has 0 aliphatic heterocycles. The van der Waals surface area contributed by atoms with Gasteiger partial charge in [-0.2, -0.15) is 9.71 Å². The molecule has 6 rings (SSSR count). The molecule has 0 bridgehead atoms. The zero-order valence-electron chi connectivity index (χ0n) is 59.7. The minimum absolute atomic E-state index is 0.121. The first kappa shape index (κ1) is 77.0. The van der Waals surface area contributed by atoms with Crippen LogP contribution in [-0.2, 0) is 27.3 Å². The standard InChI is InChI=1S/C40H67N5O2.C37H61N5O3/c1-6-8-10-11-12-13-14-15-16-17-18-19-20-21-22-30-36(46)41-31-25-26-32-47-45-35(29-9-7-2)43-37-38(45)33-27-23-24-28-34(33)42-39(37)44-40(3,4)5;1-6-8-9-10-11-12-13-14-15-16-17-18-19-24-32(43)38-25-28-44-29-26-42-34-30-22-20-21-23-31(30)39-35(41-37(3,4)5)33(34)40-36(42)45-27-7-2/h23-24,27-28H,6-22,25-26,29-32H2,1-5H3,(H,41,46)(H,42,44);20-23H,6-19,24-29H2,1-5H3,(H,38,43)(H,39,41). The monoisotopic (exact) mass is 1270 g/mol. The van der Waals surface area contributed by atoms with Crippen molar-refractivity contribution in [1.29, 1.82) is 0 Å². The van der Waals surface area contributed by atoms with E-state index in [1.54, 1.807) is 0 Å². The maximum Gasteiger partial charge on any atom is 0.297 e. The Hall–Kier alpha value is -5.70. The number of unbranched alkanes of at least 4 members (excludes halogenated alkanes) is 28. The van der Waals surface area contributed by atoms with Gasteiger partial charge in [0.15, 0.2) is 11.6 Å². The number of rotatable bonds is 50. The zero-order chi connectivity index (χ0) is 66.1. The van der Waals surface area contributed by atoms with E-state index in [2.05, 4.69) is 107 Å². The Kier molecular flexibility index (Phi) is 37.5. The molecule has 2 amide bonds. The van der Waals surface area contributed by atoms with E-state index in [0.29, 0.717) is 64.9 Å². The van der Waals surface area contributed by atoms with Gasteiger partial charge in [-0.05, 0) is 92.2 Å². The van der Waals surface area contributed by atoms with Gasteiger partial charge in [-0.25, -0.2) is 15.0 Å². The third-order valence-corrected chi connectivity index (χ3v) is 16.9. The molecular weight excluding hydrogens is 1140 g/mol. The van der Waals surface area contributed by atoms with E-state index in [0.717, 1.165) is 126 Å². The lowest BCUT2D eigenvalue weighted by Crippen LogP contribution is -2.27. The molecule has 0 spiro atoms. The lowest BCUT2D eigenvalue weighted by Gasteiger charge is -2.22. The number of hydrogen-bond donors (Lipinski definition) is 4. The van der Waals surface area contributed by atoms with Crippen molar-refractivity contribution in [1.82, 2.24) is 39.9 Å². The van der Waals surface area contributed by atoms with Crippen LogP contribution in [0.2, 0.25) is 0 Å². The second-order valence-electron chi connectivity index (χ2n) is 28.0. The number of nitrogens with zero attached hydrogens (tertiary/aromatic N) is 6. The molecule has 0 unspecified atom stereocenters. The molecule has 516 valence electrons. The van der Waals surface area contributed by atoms with Crippen molar-refractivity contribution in [2.75, 3.05) is 50.2 Å². The number of aromatic nitrogens is 6. The van der Waals surface area contributed by atoms with Crippen molar-refractivity contribution >= 4 is 67.3 Å². The summed E-state index contributed by atoms with van der Waals surface area (Å²) in [6.07, 6.45) is 44.0. The number of pyridine rings is 2. The molecule has 2 aromatic carbocycles. The Morgan fingerprint density at radius 1 is 0.435 bits per heavy atom. The van der Waals surface area contributed by atoms with Crippen LogP contribution < -0.4 is 30.8 Å². The van der Waals surface area contributed by atoms with Crippen LogP contribution in [0.25, 0.3) is 43.9 Å². The fourth-order valence-electron chi connectivity index (χ4n) is 11.9. The summed E-state index contributed by atoms with van der Waals surface area (Å²) in [7, 11) is 0. The molecule has 4 heterocycles. The molecule has 6 aromatic rings. The summed E-state index contributed by atoms with van der Waals surface area (Å²) in [4.78, 5) is 50.9. The maximum absolute atomic E-state index is 12.4. The summed E-state index contributed by atoms with van der Waals surface area (Å²) in [6, 6.07) is 17.0. The summed E-state index contributed by atoms with van der Waals surface area (Å²) in [5, 5.41) is 15.3. The average molecular weight is 1270 g/mol. The van der Waals surface area contributed by atoms with Crippen molar-refractivity contribution in [2.45, 2.75) is 318 Å². The van der Waals surface area contributed by atoms with Crippen molar-refractivity contribution in [3.05, 3.63) is 54.4 Å². The molecular formula is C77H128N10O5. The number of carbonyl (C=O) groups is 2. The molecule has 0 saturated heterocycles. The summed E-state index contributed by atoms with van der Waals surface area (Å²) >= 11 is 0. The van der Waals surface area contributed by atoms with Crippen LogP contribution in [0.4, 0.5) is 11.6 Å². The van der Waals surface area contributed by atoms with E-state index in [4.69, 9.17) is 34.2 Å². The number of fused-ring (bicyclic) bond motifs is 6. The van der Waals surface area contributed by atoms with Gasteiger partial charge < -0.3 is 35.6 Å². The molecule has 92 heavy (non-hydrogen) atoms. The van der Waals surface area contributed by atoms with Gasteiger partial charge in [0, 0.05) is 54.2 Å². The van der Waals surface area contributed by atoms with Gasteiger partial charge in [0.25, 0.3) is 6.01 Å². The van der Waals surface area contributed by atoms with Gasteiger partial charge in [0.1, 0.15) is 29.0 Å². The summed E-state index contributed by atoms with van der Waals surface area (Å²) < 4.78 is 16.1.